The van der Waals surface area contributed by atoms with E-state index in [0.717, 1.165) is 32.1 Å². The number of rotatable bonds is 15. The molecule has 0 aromatic heterocycles. The number of carboxylic acids is 1. The van der Waals surface area contributed by atoms with Crippen LogP contribution in [0.15, 0.2) is 0 Å². The van der Waals surface area contributed by atoms with Crippen molar-refractivity contribution in [3.8, 4) is 0 Å². The predicted octanol–water partition coefficient (Wildman–Crippen LogP) is 4.54. The maximum atomic E-state index is 11.6. The first-order valence-electron chi connectivity index (χ1n) is 9.26. The zero-order chi connectivity index (χ0) is 17.5. The highest BCUT2D eigenvalue weighted by atomic mass is 16.4. The third-order valence-corrected chi connectivity index (χ3v) is 4.33. The molecule has 0 aromatic rings. The molecule has 0 radical (unpaired) electrons. The van der Waals surface area contributed by atoms with Crippen LogP contribution in [0, 0.1) is 0 Å². The lowest BCUT2D eigenvalue weighted by molar-refractivity contribution is -0.137. The van der Waals surface area contributed by atoms with Crippen molar-refractivity contribution in [2.75, 3.05) is 6.54 Å². The van der Waals surface area contributed by atoms with E-state index in [1.54, 1.807) is 4.90 Å². The van der Waals surface area contributed by atoms with Crippen LogP contribution in [0.2, 0.25) is 0 Å². The molecule has 0 heterocycles. The molecule has 5 nitrogen and oxygen atoms in total. The lowest BCUT2D eigenvalue weighted by Gasteiger charge is -2.27. The molecule has 0 bridgehead atoms. The minimum Gasteiger partial charge on any atom is -0.481 e. The van der Waals surface area contributed by atoms with E-state index >= 15 is 0 Å². The van der Waals surface area contributed by atoms with Crippen LogP contribution in [0.3, 0.4) is 0 Å². The maximum absolute atomic E-state index is 11.6. The molecule has 23 heavy (non-hydrogen) atoms. The Morgan fingerprint density at radius 2 is 1.52 bits per heavy atom. The number of primary amides is 1. The van der Waals surface area contributed by atoms with Crippen molar-refractivity contribution >= 4 is 12.0 Å². The molecular weight excluding hydrogens is 292 g/mol. The largest absolute Gasteiger partial charge is 0.481 e. The molecule has 136 valence electrons. The van der Waals surface area contributed by atoms with E-state index in [2.05, 4.69) is 13.8 Å². The smallest absolute Gasteiger partial charge is 0.315 e. The van der Waals surface area contributed by atoms with Gasteiger partial charge in [-0.25, -0.2) is 4.79 Å². The van der Waals surface area contributed by atoms with Crippen molar-refractivity contribution in [3.63, 3.8) is 0 Å². The summed E-state index contributed by atoms with van der Waals surface area (Å²) >= 11 is 0. The number of unbranched alkanes of at least 4 members (excludes halogenated alkanes) is 8. The van der Waals surface area contributed by atoms with Crippen LogP contribution in [-0.2, 0) is 4.79 Å². The van der Waals surface area contributed by atoms with Gasteiger partial charge in [-0.15, -0.1) is 0 Å². The Hall–Kier alpha value is -1.26. The van der Waals surface area contributed by atoms with Crippen LogP contribution < -0.4 is 5.73 Å². The van der Waals surface area contributed by atoms with Crippen molar-refractivity contribution < 1.29 is 14.7 Å². The first-order chi connectivity index (χ1) is 11.0. The van der Waals surface area contributed by atoms with E-state index < -0.39 is 5.97 Å². The minimum absolute atomic E-state index is 0.192. The monoisotopic (exact) mass is 328 g/mol. The first kappa shape index (κ1) is 21.7. The van der Waals surface area contributed by atoms with Gasteiger partial charge in [0, 0.05) is 19.0 Å². The maximum Gasteiger partial charge on any atom is 0.315 e. The molecule has 0 aliphatic rings. The molecular formula is C18H36N2O3. The number of carbonyl (C=O) groups excluding carboxylic acids is 1. The molecule has 2 amide bonds. The van der Waals surface area contributed by atoms with Crippen LogP contribution in [0.5, 0.6) is 0 Å². The quantitative estimate of drug-likeness (QED) is 0.433. The molecule has 0 saturated heterocycles. The number of nitrogens with two attached hydrogens (primary N) is 1. The summed E-state index contributed by atoms with van der Waals surface area (Å²) in [7, 11) is 0. The number of hydrogen-bond donors (Lipinski definition) is 2. The Bertz CT molecular complexity index is 321. The van der Waals surface area contributed by atoms with E-state index in [1.165, 1.54) is 32.1 Å². The van der Waals surface area contributed by atoms with Crippen molar-refractivity contribution in [1.82, 2.24) is 4.90 Å². The number of urea groups is 1. The summed E-state index contributed by atoms with van der Waals surface area (Å²) in [6.45, 7) is 4.97. The van der Waals surface area contributed by atoms with E-state index in [4.69, 9.17) is 10.8 Å². The van der Waals surface area contributed by atoms with Gasteiger partial charge in [-0.3, -0.25) is 4.79 Å². The Balaban J connectivity index is 3.81. The topological polar surface area (TPSA) is 83.6 Å². The van der Waals surface area contributed by atoms with E-state index in [9.17, 15) is 9.59 Å². The second-order valence-electron chi connectivity index (χ2n) is 6.50. The Labute approximate surface area is 141 Å². The Morgan fingerprint density at radius 1 is 0.957 bits per heavy atom. The Morgan fingerprint density at radius 3 is 2.13 bits per heavy atom. The van der Waals surface area contributed by atoms with Gasteiger partial charge in [-0.2, -0.15) is 0 Å². The van der Waals surface area contributed by atoms with Crippen LogP contribution in [0.1, 0.15) is 90.9 Å². The third kappa shape index (κ3) is 12.9. The van der Waals surface area contributed by atoms with E-state index in [1.807, 2.05) is 0 Å². The molecule has 0 saturated carbocycles. The van der Waals surface area contributed by atoms with Gasteiger partial charge in [0.15, 0.2) is 0 Å². The zero-order valence-corrected chi connectivity index (χ0v) is 15.1. The molecule has 0 aliphatic heterocycles. The van der Waals surface area contributed by atoms with Gasteiger partial charge < -0.3 is 15.7 Å². The normalized spacial score (nSPS) is 12.1. The van der Waals surface area contributed by atoms with Gasteiger partial charge in [0.2, 0.25) is 0 Å². The second kappa shape index (κ2) is 14.3. The molecule has 0 spiro atoms. The fourth-order valence-corrected chi connectivity index (χ4v) is 2.84. The predicted molar refractivity (Wildman–Crippen MR) is 94.5 cm³/mol. The minimum atomic E-state index is -0.740. The van der Waals surface area contributed by atoms with Crippen molar-refractivity contribution in [2.45, 2.75) is 96.9 Å². The molecule has 3 N–H and O–H groups in total. The summed E-state index contributed by atoms with van der Waals surface area (Å²) in [5.74, 6) is -0.740. The SMILES string of the molecule is CCCCCCCC[C@@H](C)N(CCCCCCC(=O)O)C(N)=O. The Kier molecular flexibility index (Phi) is 13.6. The number of amides is 2. The van der Waals surface area contributed by atoms with E-state index in [0.29, 0.717) is 13.0 Å². The number of carbonyl (C=O) groups is 2. The molecule has 0 unspecified atom stereocenters. The van der Waals surface area contributed by atoms with E-state index in [-0.39, 0.29) is 18.5 Å². The fraction of sp³-hybridized carbons (Fsp3) is 0.889. The summed E-state index contributed by atoms with van der Waals surface area (Å²) in [5.41, 5.74) is 5.50. The summed E-state index contributed by atoms with van der Waals surface area (Å²) in [6.07, 6.45) is 12.2. The van der Waals surface area contributed by atoms with Crippen molar-refractivity contribution in [3.05, 3.63) is 0 Å². The van der Waals surface area contributed by atoms with Gasteiger partial charge in [-0.1, -0.05) is 58.3 Å². The molecule has 0 aliphatic carbocycles. The van der Waals surface area contributed by atoms with Crippen LogP contribution >= 0.6 is 0 Å². The average molecular weight is 328 g/mol. The molecule has 0 rings (SSSR count). The van der Waals surface area contributed by atoms with Gasteiger partial charge in [-0.05, 0) is 26.2 Å². The number of hydrogen-bond acceptors (Lipinski definition) is 2. The number of carboxylic acid groups (broad SMARTS) is 1. The highest BCUT2D eigenvalue weighted by molar-refractivity contribution is 5.72. The average Bonchev–Trinajstić information content (AvgIpc) is 2.49. The number of aliphatic carboxylic acids is 1. The molecule has 5 heteroatoms. The fourth-order valence-electron chi connectivity index (χ4n) is 2.84. The van der Waals surface area contributed by atoms with Gasteiger partial charge in [0.05, 0.1) is 0 Å². The van der Waals surface area contributed by atoms with Gasteiger partial charge >= 0.3 is 12.0 Å². The van der Waals surface area contributed by atoms with Crippen LogP contribution in [0.25, 0.3) is 0 Å². The molecule has 0 fully saturated rings. The third-order valence-electron chi connectivity index (χ3n) is 4.33. The highest BCUT2D eigenvalue weighted by Gasteiger charge is 2.16. The van der Waals surface area contributed by atoms with Crippen LogP contribution in [-0.4, -0.2) is 34.6 Å². The summed E-state index contributed by atoms with van der Waals surface area (Å²) < 4.78 is 0. The first-order valence-corrected chi connectivity index (χ1v) is 9.26. The van der Waals surface area contributed by atoms with Crippen LogP contribution in [0.4, 0.5) is 4.79 Å². The zero-order valence-electron chi connectivity index (χ0n) is 15.1. The lowest BCUT2D eigenvalue weighted by Crippen LogP contribution is -2.42. The number of nitrogens with zero attached hydrogens (tertiary/aromatic N) is 1. The lowest BCUT2D eigenvalue weighted by atomic mass is 10.1. The van der Waals surface area contributed by atoms with Gasteiger partial charge in [0.1, 0.15) is 0 Å². The summed E-state index contributed by atoms with van der Waals surface area (Å²) in [5, 5.41) is 8.58. The molecule has 1 atom stereocenters. The van der Waals surface area contributed by atoms with Crippen molar-refractivity contribution in [1.29, 1.82) is 0 Å². The highest BCUT2D eigenvalue weighted by Crippen LogP contribution is 2.13. The summed E-state index contributed by atoms with van der Waals surface area (Å²) in [6, 6.07) is -0.147. The molecule has 0 aromatic carbocycles. The van der Waals surface area contributed by atoms with Gasteiger partial charge in [0.25, 0.3) is 0 Å². The van der Waals surface area contributed by atoms with Crippen molar-refractivity contribution in [2.24, 2.45) is 5.73 Å². The second-order valence-corrected chi connectivity index (χ2v) is 6.50. The summed E-state index contributed by atoms with van der Waals surface area (Å²) in [4.78, 5) is 23.8. The standard InChI is InChI=1S/C18H36N2O3/c1-3-4-5-6-7-10-13-16(2)20(18(19)23)15-12-9-8-11-14-17(21)22/h16H,3-15H2,1-2H3,(H2,19,23)(H,21,22)/t16-/m1/s1.